The highest BCUT2D eigenvalue weighted by atomic mass is 79.9. The van der Waals surface area contributed by atoms with Crippen LogP contribution in [0.4, 0.5) is 20.2 Å². The van der Waals surface area contributed by atoms with Crippen molar-refractivity contribution in [2.75, 3.05) is 5.32 Å². The standard InChI is InChI=1S/C15H13BrClF2N3O3/c1-2-9(14-8(16)4-3-5-12(14)25-15(18)19)21-10-6-13(17)20-7-11(10)22(23)24/h3-7,9,15H,2H2,1H3,(H,20,21)/t9-/m1/s1. The number of aromatic nitrogens is 1. The number of ether oxygens (including phenoxy) is 1. The maximum absolute atomic E-state index is 12.7. The number of alkyl halides is 2. The summed E-state index contributed by atoms with van der Waals surface area (Å²) < 4.78 is 30.5. The minimum absolute atomic E-state index is 0.0217. The van der Waals surface area contributed by atoms with Crippen LogP contribution in [0.25, 0.3) is 0 Å². The van der Waals surface area contributed by atoms with E-state index >= 15 is 0 Å². The molecule has 0 unspecified atom stereocenters. The molecule has 0 bridgehead atoms. The van der Waals surface area contributed by atoms with E-state index in [1.165, 1.54) is 12.1 Å². The van der Waals surface area contributed by atoms with Crippen LogP contribution < -0.4 is 10.1 Å². The van der Waals surface area contributed by atoms with Crippen molar-refractivity contribution in [3.8, 4) is 5.75 Å². The van der Waals surface area contributed by atoms with Crippen LogP contribution >= 0.6 is 27.5 Å². The summed E-state index contributed by atoms with van der Waals surface area (Å²) in [5, 5.41) is 14.2. The molecule has 1 heterocycles. The van der Waals surface area contributed by atoms with Crippen molar-refractivity contribution in [2.24, 2.45) is 0 Å². The van der Waals surface area contributed by atoms with Gasteiger partial charge in [-0.15, -0.1) is 0 Å². The molecule has 0 saturated carbocycles. The molecular weight excluding hydrogens is 424 g/mol. The monoisotopic (exact) mass is 435 g/mol. The van der Waals surface area contributed by atoms with E-state index in [0.717, 1.165) is 6.20 Å². The lowest BCUT2D eigenvalue weighted by molar-refractivity contribution is -0.384. The number of halogens is 4. The summed E-state index contributed by atoms with van der Waals surface area (Å²) in [7, 11) is 0. The topological polar surface area (TPSA) is 77.3 Å². The Morgan fingerprint density at radius 1 is 1.48 bits per heavy atom. The van der Waals surface area contributed by atoms with Crippen molar-refractivity contribution in [1.82, 2.24) is 4.98 Å². The number of hydrogen-bond acceptors (Lipinski definition) is 5. The van der Waals surface area contributed by atoms with Gasteiger partial charge in [0.2, 0.25) is 0 Å². The number of benzene rings is 1. The lowest BCUT2D eigenvalue weighted by atomic mass is 10.0. The number of pyridine rings is 1. The SMILES string of the molecule is CC[C@@H](Nc1cc(Cl)ncc1[N+](=O)[O-])c1c(Br)cccc1OC(F)F. The minimum Gasteiger partial charge on any atom is -0.434 e. The second-order valence-electron chi connectivity index (χ2n) is 4.92. The normalized spacial score (nSPS) is 12.1. The number of nitrogens with zero attached hydrogens (tertiary/aromatic N) is 2. The lowest BCUT2D eigenvalue weighted by Crippen LogP contribution is -2.15. The number of anilines is 1. The van der Waals surface area contributed by atoms with Crippen molar-refractivity contribution in [3.63, 3.8) is 0 Å². The first-order valence-corrected chi connectivity index (χ1v) is 8.30. The van der Waals surface area contributed by atoms with Crippen molar-refractivity contribution < 1.29 is 18.4 Å². The van der Waals surface area contributed by atoms with E-state index in [4.69, 9.17) is 11.6 Å². The van der Waals surface area contributed by atoms with Crippen LogP contribution in [0.1, 0.15) is 24.9 Å². The highest BCUT2D eigenvalue weighted by Crippen LogP contribution is 2.38. The Bertz CT molecular complexity index is 780. The highest BCUT2D eigenvalue weighted by molar-refractivity contribution is 9.10. The van der Waals surface area contributed by atoms with Crippen LogP contribution in [0.3, 0.4) is 0 Å². The fourth-order valence-corrected chi connectivity index (χ4v) is 3.09. The molecule has 134 valence electrons. The zero-order valence-electron chi connectivity index (χ0n) is 12.9. The van der Waals surface area contributed by atoms with Crippen LogP contribution in [-0.4, -0.2) is 16.5 Å². The molecule has 2 rings (SSSR count). The third kappa shape index (κ3) is 4.76. The largest absolute Gasteiger partial charge is 0.434 e. The molecule has 6 nitrogen and oxygen atoms in total. The zero-order valence-corrected chi connectivity index (χ0v) is 15.2. The van der Waals surface area contributed by atoms with Crippen LogP contribution in [0, 0.1) is 10.1 Å². The molecule has 1 atom stereocenters. The van der Waals surface area contributed by atoms with Gasteiger partial charge in [0.15, 0.2) is 0 Å². The molecule has 1 aromatic heterocycles. The maximum atomic E-state index is 12.7. The number of rotatable bonds is 7. The zero-order chi connectivity index (χ0) is 18.6. The smallest absolute Gasteiger partial charge is 0.387 e. The summed E-state index contributed by atoms with van der Waals surface area (Å²) in [4.78, 5) is 14.3. The summed E-state index contributed by atoms with van der Waals surface area (Å²) in [5.41, 5.74) is 0.286. The average Bonchev–Trinajstić information content (AvgIpc) is 2.52. The van der Waals surface area contributed by atoms with Gasteiger partial charge in [0.05, 0.1) is 11.0 Å². The highest BCUT2D eigenvalue weighted by Gasteiger charge is 2.23. The Labute approximate surface area is 155 Å². The van der Waals surface area contributed by atoms with E-state index in [-0.39, 0.29) is 22.3 Å². The maximum Gasteiger partial charge on any atom is 0.387 e. The van der Waals surface area contributed by atoms with Gasteiger partial charge in [-0.1, -0.05) is 40.5 Å². The second kappa shape index (κ2) is 8.39. The van der Waals surface area contributed by atoms with Gasteiger partial charge in [-0.05, 0) is 18.6 Å². The van der Waals surface area contributed by atoms with Crippen LogP contribution in [0.15, 0.2) is 34.9 Å². The molecule has 2 aromatic rings. The van der Waals surface area contributed by atoms with E-state index in [9.17, 15) is 18.9 Å². The van der Waals surface area contributed by atoms with Crippen molar-refractivity contribution in [1.29, 1.82) is 0 Å². The van der Waals surface area contributed by atoms with E-state index in [0.29, 0.717) is 16.5 Å². The van der Waals surface area contributed by atoms with E-state index in [1.54, 1.807) is 19.1 Å². The molecule has 1 aromatic carbocycles. The van der Waals surface area contributed by atoms with Crippen molar-refractivity contribution in [2.45, 2.75) is 26.0 Å². The van der Waals surface area contributed by atoms with Gasteiger partial charge in [-0.25, -0.2) is 4.98 Å². The molecule has 10 heteroatoms. The van der Waals surface area contributed by atoms with E-state index < -0.39 is 17.6 Å². The molecule has 25 heavy (non-hydrogen) atoms. The lowest BCUT2D eigenvalue weighted by Gasteiger charge is -2.22. The molecule has 0 aliphatic heterocycles. The third-order valence-corrected chi connectivity index (χ3v) is 4.26. The Morgan fingerprint density at radius 3 is 2.80 bits per heavy atom. The predicted molar refractivity (Wildman–Crippen MR) is 93.3 cm³/mol. The molecule has 0 saturated heterocycles. The molecule has 0 amide bonds. The Kier molecular flexibility index (Phi) is 6.49. The fourth-order valence-electron chi connectivity index (χ4n) is 2.30. The molecule has 0 aliphatic carbocycles. The van der Waals surface area contributed by atoms with Gasteiger partial charge >= 0.3 is 12.3 Å². The van der Waals surface area contributed by atoms with Gasteiger partial charge in [0, 0.05) is 16.1 Å². The van der Waals surface area contributed by atoms with E-state index in [2.05, 4.69) is 31.0 Å². The summed E-state index contributed by atoms with van der Waals surface area (Å²) in [6.07, 6.45) is 1.48. The molecule has 0 aliphatic rings. The Hall–Kier alpha value is -2.00. The Balaban J connectivity index is 2.46. The number of nitro groups is 1. The summed E-state index contributed by atoms with van der Waals surface area (Å²) in [5.74, 6) is -0.0217. The Morgan fingerprint density at radius 2 is 2.20 bits per heavy atom. The van der Waals surface area contributed by atoms with Gasteiger partial charge in [0.1, 0.15) is 22.8 Å². The number of hydrogen-bond donors (Lipinski definition) is 1. The van der Waals surface area contributed by atoms with E-state index in [1.807, 2.05) is 0 Å². The first-order valence-electron chi connectivity index (χ1n) is 7.13. The quantitative estimate of drug-likeness (QED) is 0.349. The predicted octanol–water partition coefficient (Wildman–Crippen LogP) is 5.57. The van der Waals surface area contributed by atoms with Crippen LogP contribution in [0.5, 0.6) is 5.75 Å². The first-order chi connectivity index (χ1) is 11.8. The molecular formula is C15H13BrClF2N3O3. The number of nitrogens with one attached hydrogen (secondary N) is 1. The fraction of sp³-hybridized carbons (Fsp3) is 0.267. The second-order valence-corrected chi connectivity index (χ2v) is 6.16. The molecule has 1 N–H and O–H groups in total. The molecule has 0 spiro atoms. The first kappa shape index (κ1) is 19.3. The van der Waals surface area contributed by atoms with Gasteiger partial charge in [0.25, 0.3) is 0 Å². The van der Waals surface area contributed by atoms with Gasteiger partial charge in [-0.2, -0.15) is 8.78 Å². The molecule has 0 radical (unpaired) electrons. The third-order valence-electron chi connectivity index (χ3n) is 3.36. The van der Waals surface area contributed by atoms with Gasteiger partial charge in [-0.3, -0.25) is 10.1 Å². The summed E-state index contributed by atoms with van der Waals surface area (Å²) in [6.45, 7) is -1.19. The van der Waals surface area contributed by atoms with Gasteiger partial charge < -0.3 is 10.1 Å². The summed E-state index contributed by atoms with van der Waals surface area (Å²) in [6, 6.07) is 5.41. The molecule has 0 fully saturated rings. The minimum atomic E-state index is -2.99. The van der Waals surface area contributed by atoms with Crippen molar-refractivity contribution in [3.05, 3.63) is 55.8 Å². The average molecular weight is 437 g/mol. The summed E-state index contributed by atoms with van der Waals surface area (Å²) >= 11 is 9.14. The van der Waals surface area contributed by atoms with Crippen LogP contribution in [-0.2, 0) is 0 Å². The van der Waals surface area contributed by atoms with Crippen LogP contribution in [0.2, 0.25) is 5.15 Å². The van der Waals surface area contributed by atoms with Crippen molar-refractivity contribution >= 4 is 38.9 Å².